The molecular weight excluding hydrogens is 295 g/mol. The van der Waals surface area contributed by atoms with Crippen molar-refractivity contribution in [2.45, 2.75) is 20.3 Å². The van der Waals surface area contributed by atoms with E-state index in [1.165, 1.54) is 12.1 Å². The molecule has 3 nitrogen and oxygen atoms in total. The van der Waals surface area contributed by atoms with Crippen molar-refractivity contribution >= 4 is 17.6 Å². The number of rotatable bonds is 6. The van der Waals surface area contributed by atoms with Crippen LogP contribution in [0.15, 0.2) is 42.5 Å². The Morgan fingerprint density at radius 1 is 1.26 bits per heavy atom. The minimum Gasteiger partial charge on any atom is -0.493 e. The van der Waals surface area contributed by atoms with Crippen molar-refractivity contribution in [1.82, 2.24) is 0 Å². The van der Waals surface area contributed by atoms with Gasteiger partial charge in [-0.1, -0.05) is 31.2 Å². The van der Waals surface area contributed by atoms with Gasteiger partial charge in [-0.25, -0.2) is 9.18 Å². The van der Waals surface area contributed by atoms with Gasteiger partial charge in [-0.15, -0.1) is 0 Å². The van der Waals surface area contributed by atoms with Crippen LogP contribution in [0, 0.1) is 12.7 Å². The van der Waals surface area contributed by atoms with Crippen molar-refractivity contribution < 1.29 is 19.0 Å². The fraction of sp³-hybridized carbons (Fsp3) is 0.211. The minimum atomic E-state index is -1.10. The second-order valence-corrected chi connectivity index (χ2v) is 5.21. The highest BCUT2D eigenvalue weighted by Gasteiger charge is 2.13. The van der Waals surface area contributed by atoms with E-state index in [9.17, 15) is 14.3 Å². The van der Waals surface area contributed by atoms with Gasteiger partial charge in [0.2, 0.25) is 0 Å². The van der Waals surface area contributed by atoms with Gasteiger partial charge in [0.25, 0.3) is 0 Å². The van der Waals surface area contributed by atoms with E-state index in [1.54, 1.807) is 36.4 Å². The van der Waals surface area contributed by atoms with Crippen molar-refractivity contribution in [1.29, 1.82) is 0 Å². The summed E-state index contributed by atoms with van der Waals surface area (Å²) in [5.74, 6) is -0.827. The molecule has 0 fully saturated rings. The average molecular weight is 314 g/mol. The fourth-order valence-corrected chi connectivity index (χ4v) is 2.21. The maximum atomic E-state index is 13.8. The molecule has 0 aromatic heterocycles. The van der Waals surface area contributed by atoms with Crippen LogP contribution in [0.4, 0.5) is 4.39 Å². The number of aliphatic carboxylic acids is 1. The summed E-state index contributed by atoms with van der Waals surface area (Å²) in [7, 11) is 0. The molecule has 0 unspecified atom stereocenters. The Morgan fingerprint density at radius 3 is 2.61 bits per heavy atom. The Balaban J connectivity index is 2.41. The highest BCUT2D eigenvalue weighted by molar-refractivity contribution is 6.20. The lowest BCUT2D eigenvalue weighted by Crippen LogP contribution is -2.02. The molecule has 2 aromatic rings. The summed E-state index contributed by atoms with van der Waals surface area (Å²) in [4.78, 5) is 11.6. The molecular formula is C19H19FO3. The summed E-state index contributed by atoms with van der Waals surface area (Å²) in [5.41, 5.74) is 1.65. The number of hydrogen-bond acceptors (Lipinski definition) is 2. The number of hydrogen-bond donors (Lipinski definition) is 1. The molecule has 0 bridgehead atoms. The van der Waals surface area contributed by atoms with Crippen molar-refractivity contribution in [3.8, 4) is 5.75 Å². The minimum absolute atomic E-state index is 0.0419. The maximum absolute atomic E-state index is 13.8. The quantitative estimate of drug-likeness (QED) is 0.628. The summed E-state index contributed by atoms with van der Waals surface area (Å²) >= 11 is 0. The first kappa shape index (κ1) is 16.7. The molecule has 0 aliphatic rings. The Kier molecular flexibility index (Phi) is 5.52. The molecule has 0 saturated heterocycles. The molecule has 120 valence electrons. The van der Waals surface area contributed by atoms with Gasteiger partial charge < -0.3 is 9.84 Å². The topological polar surface area (TPSA) is 46.5 Å². The molecule has 2 aromatic carbocycles. The van der Waals surface area contributed by atoms with E-state index in [0.717, 1.165) is 17.7 Å². The molecule has 0 aliphatic carbocycles. The van der Waals surface area contributed by atoms with Crippen LogP contribution in [0.3, 0.4) is 0 Å². The van der Waals surface area contributed by atoms with Crippen molar-refractivity contribution in [3.05, 3.63) is 65.0 Å². The highest BCUT2D eigenvalue weighted by Crippen LogP contribution is 2.26. The second-order valence-electron chi connectivity index (χ2n) is 5.21. The SMILES string of the molecule is CCCOc1ccc(/C(=C/c2ccccc2F)C(=O)O)cc1C. The molecule has 0 heterocycles. The van der Waals surface area contributed by atoms with Gasteiger partial charge in [0.1, 0.15) is 11.6 Å². The van der Waals surface area contributed by atoms with E-state index >= 15 is 0 Å². The van der Waals surface area contributed by atoms with E-state index in [1.807, 2.05) is 13.8 Å². The lowest BCUT2D eigenvalue weighted by molar-refractivity contribution is -0.130. The molecule has 23 heavy (non-hydrogen) atoms. The third kappa shape index (κ3) is 4.19. The molecule has 0 saturated carbocycles. The highest BCUT2D eigenvalue weighted by atomic mass is 19.1. The van der Waals surface area contributed by atoms with Crippen LogP contribution >= 0.6 is 0 Å². The fourth-order valence-electron chi connectivity index (χ4n) is 2.21. The number of benzene rings is 2. The number of ether oxygens (including phenoxy) is 1. The monoisotopic (exact) mass is 314 g/mol. The summed E-state index contributed by atoms with van der Waals surface area (Å²) < 4.78 is 19.3. The predicted octanol–water partition coefficient (Wildman–Crippen LogP) is 4.55. The van der Waals surface area contributed by atoms with Gasteiger partial charge in [-0.3, -0.25) is 0 Å². The van der Waals surface area contributed by atoms with E-state index in [2.05, 4.69) is 0 Å². The molecule has 0 atom stereocenters. The number of carbonyl (C=O) groups is 1. The zero-order valence-electron chi connectivity index (χ0n) is 13.2. The first-order valence-corrected chi connectivity index (χ1v) is 7.46. The summed E-state index contributed by atoms with van der Waals surface area (Å²) in [5, 5.41) is 9.46. The number of carboxylic acid groups (broad SMARTS) is 1. The van der Waals surface area contributed by atoms with E-state index in [4.69, 9.17) is 4.74 Å². The van der Waals surface area contributed by atoms with E-state index in [0.29, 0.717) is 12.2 Å². The van der Waals surface area contributed by atoms with Crippen molar-refractivity contribution in [2.24, 2.45) is 0 Å². The van der Waals surface area contributed by atoms with E-state index < -0.39 is 11.8 Å². The average Bonchev–Trinajstić information content (AvgIpc) is 2.52. The van der Waals surface area contributed by atoms with Gasteiger partial charge in [0.05, 0.1) is 12.2 Å². The van der Waals surface area contributed by atoms with Gasteiger partial charge in [-0.05, 0) is 48.7 Å². The summed E-state index contributed by atoms with van der Waals surface area (Å²) in [6, 6.07) is 11.3. The zero-order valence-corrected chi connectivity index (χ0v) is 13.2. The maximum Gasteiger partial charge on any atom is 0.336 e. The molecule has 0 radical (unpaired) electrons. The first-order valence-electron chi connectivity index (χ1n) is 7.46. The van der Waals surface area contributed by atoms with Crippen LogP contribution in [0.25, 0.3) is 11.6 Å². The molecule has 0 aliphatic heterocycles. The Bertz CT molecular complexity index is 735. The lowest BCUT2D eigenvalue weighted by Gasteiger charge is -2.10. The predicted molar refractivity (Wildman–Crippen MR) is 88.9 cm³/mol. The standard InChI is InChI=1S/C19H19FO3/c1-3-10-23-18-9-8-14(11-13(18)2)16(19(21)22)12-15-6-4-5-7-17(15)20/h4-9,11-12H,3,10H2,1-2H3,(H,21,22)/b16-12-. The summed E-state index contributed by atoms with van der Waals surface area (Å²) in [6.07, 6.45) is 2.24. The van der Waals surface area contributed by atoms with Gasteiger partial charge in [0, 0.05) is 5.56 Å². The van der Waals surface area contributed by atoms with E-state index in [-0.39, 0.29) is 11.1 Å². The van der Waals surface area contributed by atoms with Crippen LogP contribution in [-0.2, 0) is 4.79 Å². The second kappa shape index (κ2) is 7.58. The van der Waals surface area contributed by atoms with Crippen LogP contribution in [-0.4, -0.2) is 17.7 Å². The first-order chi connectivity index (χ1) is 11.0. The normalized spacial score (nSPS) is 11.3. The van der Waals surface area contributed by atoms with Gasteiger partial charge in [0.15, 0.2) is 0 Å². The van der Waals surface area contributed by atoms with Gasteiger partial charge >= 0.3 is 5.97 Å². The molecule has 1 N–H and O–H groups in total. The number of aryl methyl sites for hydroxylation is 1. The Hall–Kier alpha value is -2.62. The van der Waals surface area contributed by atoms with Crippen LogP contribution in [0.2, 0.25) is 0 Å². The smallest absolute Gasteiger partial charge is 0.336 e. The zero-order chi connectivity index (χ0) is 16.8. The molecule has 0 spiro atoms. The number of carboxylic acids is 1. The lowest BCUT2D eigenvalue weighted by atomic mass is 10.0. The van der Waals surface area contributed by atoms with Crippen molar-refractivity contribution in [2.75, 3.05) is 6.61 Å². The van der Waals surface area contributed by atoms with Crippen LogP contribution in [0.5, 0.6) is 5.75 Å². The van der Waals surface area contributed by atoms with Crippen LogP contribution < -0.4 is 4.74 Å². The molecule has 0 amide bonds. The largest absolute Gasteiger partial charge is 0.493 e. The molecule has 2 rings (SSSR count). The summed E-state index contributed by atoms with van der Waals surface area (Å²) in [6.45, 7) is 4.48. The third-order valence-electron chi connectivity index (χ3n) is 3.38. The Labute approximate surface area is 135 Å². The molecule has 4 heteroatoms. The van der Waals surface area contributed by atoms with Crippen molar-refractivity contribution in [3.63, 3.8) is 0 Å². The third-order valence-corrected chi connectivity index (χ3v) is 3.38. The Morgan fingerprint density at radius 2 is 2.00 bits per heavy atom. The van der Waals surface area contributed by atoms with Gasteiger partial charge in [-0.2, -0.15) is 0 Å². The van der Waals surface area contributed by atoms with Crippen LogP contribution in [0.1, 0.15) is 30.0 Å². The number of halogens is 1.